The molecule has 16 rings (SSSR count). The number of rotatable bonds is 16. The average Bonchev–Trinajstić information content (AvgIpc) is 1.59. The summed E-state index contributed by atoms with van der Waals surface area (Å²) in [6.07, 6.45) is 3.97. The van der Waals surface area contributed by atoms with Crippen LogP contribution in [0.15, 0.2) is 168 Å². The third kappa shape index (κ3) is 26.5. The van der Waals surface area contributed by atoms with Gasteiger partial charge in [-0.05, 0) is 314 Å². The van der Waals surface area contributed by atoms with Gasteiger partial charge >= 0.3 is 0 Å². The zero-order valence-corrected chi connectivity index (χ0v) is 85.3. The Morgan fingerprint density at radius 2 is 0.659 bits per heavy atom. The number of thiocarbonyl (C=S) groups is 3. The molecule has 8 heterocycles. The van der Waals surface area contributed by atoms with Crippen LogP contribution in [-0.4, -0.2) is 190 Å². The third-order valence-electron chi connectivity index (χ3n) is 23.8. The maximum atomic E-state index is 15.0. The zero-order chi connectivity index (χ0) is 100. The number of phenolic OH excluding ortho intramolecular Hbond substituents is 1. The van der Waals surface area contributed by atoms with E-state index in [-0.39, 0.29) is 134 Å². The van der Waals surface area contributed by atoms with Crippen molar-refractivity contribution in [1.29, 1.82) is 0 Å². The number of amides is 3. The van der Waals surface area contributed by atoms with E-state index >= 15 is 8.78 Å². The van der Waals surface area contributed by atoms with Crippen molar-refractivity contribution in [2.75, 3.05) is 86.9 Å². The molecule has 41 heteroatoms. The highest BCUT2D eigenvalue weighted by molar-refractivity contribution is 7.99. The molecule has 0 aliphatic carbocycles. The van der Waals surface area contributed by atoms with Crippen molar-refractivity contribution in [3.05, 3.63) is 237 Å². The van der Waals surface area contributed by atoms with Gasteiger partial charge in [0.2, 0.25) is 0 Å². The Morgan fingerprint density at radius 3 is 0.928 bits per heavy atom. The Kier molecular flexibility index (Phi) is 36.3. The number of hydrogen-bond donors (Lipinski definition) is 2. The Balaban J connectivity index is 0.000000178. The summed E-state index contributed by atoms with van der Waals surface area (Å²) in [6, 6.07) is 40.9. The minimum absolute atomic E-state index is 0. The number of carbonyl (C=O) groups excluding carboxylic acids is 3. The highest BCUT2D eigenvalue weighted by atomic mass is 32.2. The van der Waals surface area contributed by atoms with Crippen LogP contribution in [0.4, 0.5) is 64.4 Å². The zero-order valence-electron chi connectivity index (χ0n) is 77.1. The molecule has 8 fully saturated rings. The first-order valence-electron chi connectivity index (χ1n) is 43.7. The molecular weight excluding hydrogens is 1970 g/mol. The SMILES string of the molecule is C.Cc1ccc(S(=O)(=O)OC2CCS(=O)(=O)CC2)cc1.Cc1ccc(S(=O)(=O)OC2CCSCC2)cc1.OC1CCSCC1.[C-]#[N+]c1ccc(N2C(=O)C(C)(C)N(c3ccc(O)c(F)c3)C2=S)cc1C.[C-]#[N+]c1ccc(N2C(=O)C(C)(C)N(c3ccc(OC4CCS(=O)(=O)CC4)c(F)c3)C2=S)cc1C.[C-]#[N+]c1ccc(N2C(=O)C(C)(C)N(c3ccc(OC4CCS(=O)(=O)CC4)c(F)c3)C2=S)cc1C. The van der Waals surface area contributed by atoms with Crippen molar-refractivity contribution in [3.63, 3.8) is 0 Å². The molecule has 0 saturated carbocycles. The standard InChI is InChI=1S/2C24H24FN3O4S2.C19H16FN3O2S.C12H16O5S2.C12H16O3S2.C5H10OS.CH4/c2*1-15-13-16(5-7-20(15)26-4)27-22(29)24(2,3)28(23(27)33)17-6-8-21(19(25)14-17)32-18-9-11-34(30,31)12-10-18;1-11-9-12(5-7-15(11)21-4)22-17(25)19(2,3)23(18(22)26)13-6-8-16(24)14(20)10-13;1-10-2-4-12(5-3-10)19(15,16)17-11-6-8-18(13,14)9-7-11;1-10-2-4-12(5-3-10)17(13,14)15-11-6-8-16-9-7-11;6-5-1-3-7-4-2-5;/h2*5-8,13-14,18H,9-12H2,1-3H3;5-10,24H,1-3H3;2-5,11H,6-9H2,1H3;2-5,11H,6-9H2,1H3;5-6H,1-4H2;1H4. The van der Waals surface area contributed by atoms with Crippen LogP contribution in [0.3, 0.4) is 0 Å². The number of sulfone groups is 3. The highest BCUT2D eigenvalue weighted by Crippen LogP contribution is 2.44. The number of carbonyl (C=O) groups is 3. The van der Waals surface area contributed by atoms with E-state index in [1.807, 2.05) is 37.4 Å². The lowest BCUT2D eigenvalue weighted by molar-refractivity contribution is -0.121. The first kappa shape index (κ1) is 110. The van der Waals surface area contributed by atoms with Gasteiger partial charge in [-0.25, -0.2) is 53.0 Å². The van der Waals surface area contributed by atoms with Crippen LogP contribution < -0.4 is 38.9 Å². The van der Waals surface area contributed by atoms with E-state index in [1.54, 1.807) is 180 Å². The molecule has 138 heavy (non-hydrogen) atoms. The maximum Gasteiger partial charge on any atom is 0.297 e. The number of anilines is 6. The number of thioether (sulfide) groups is 2. The first-order chi connectivity index (χ1) is 64.3. The van der Waals surface area contributed by atoms with Crippen molar-refractivity contribution < 1.29 is 97.7 Å². The highest BCUT2D eigenvalue weighted by Gasteiger charge is 2.54. The molecule has 0 aromatic heterocycles. The summed E-state index contributed by atoms with van der Waals surface area (Å²) >= 11 is 20.6. The number of aliphatic hydroxyl groups excluding tert-OH is 1. The lowest BCUT2D eigenvalue weighted by Crippen LogP contribution is -2.44. The van der Waals surface area contributed by atoms with Crippen LogP contribution in [0, 0.1) is 71.8 Å². The number of aryl methyl sites for hydroxylation is 5. The summed E-state index contributed by atoms with van der Waals surface area (Å²) in [5.74, 6) is 1.14. The van der Waals surface area contributed by atoms with Gasteiger partial charge in [0.1, 0.15) is 28.8 Å². The Bertz CT molecular complexity index is 6440. The number of halogens is 3. The monoisotopic (exact) mass is 2080 g/mol. The topological polar surface area (TPSA) is 332 Å². The number of ether oxygens (including phenoxy) is 2. The molecule has 2 N–H and O–H groups in total. The molecule has 0 bridgehead atoms. The Labute approximate surface area is 831 Å². The normalized spacial score (nSPS) is 19.1. The van der Waals surface area contributed by atoms with Crippen LogP contribution in [0.25, 0.3) is 14.5 Å². The molecule has 738 valence electrons. The number of benzene rings is 8. The smallest absolute Gasteiger partial charge is 0.297 e. The van der Waals surface area contributed by atoms with Crippen LogP contribution in [0.2, 0.25) is 0 Å². The van der Waals surface area contributed by atoms with E-state index < -0.39 is 95.7 Å². The number of aromatic hydroxyl groups is 1. The average molecular weight is 2080 g/mol. The fourth-order valence-corrected chi connectivity index (χ4v) is 26.1. The van der Waals surface area contributed by atoms with Crippen LogP contribution in [0.1, 0.15) is 141 Å². The van der Waals surface area contributed by atoms with Gasteiger partial charge < -0.3 is 34.4 Å². The molecule has 0 radical (unpaired) electrons. The molecule has 8 saturated heterocycles. The predicted molar refractivity (Wildman–Crippen MR) is 548 cm³/mol. The molecule has 8 aliphatic heterocycles. The van der Waals surface area contributed by atoms with Gasteiger partial charge in [-0.2, -0.15) is 40.4 Å². The number of nitrogens with zero attached hydrogens (tertiary/aromatic N) is 9. The maximum absolute atomic E-state index is 15.0. The van der Waals surface area contributed by atoms with Gasteiger partial charge in [-0.3, -0.25) is 37.4 Å². The van der Waals surface area contributed by atoms with E-state index in [0.29, 0.717) is 76.9 Å². The Hall–Kier alpha value is -10.2. The van der Waals surface area contributed by atoms with E-state index in [9.17, 15) is 66.0 Å². The Morgan fingerprint density at radius 1 is 0.391 bits per heavy atom. The molecule has 8 aromatic rings. The molecule has 0 unspecified atom stereocenters. The molecule has 0 atom stereocenters. The van der Waals surface area contributed by atoms with Gasteiger partial charge in [0.05, 0.1) is 82.3 Å². The van der Waals surface area contributed by atoms with Crippen LogP contribution >= 0.6 is 60.2 Å². The van der Waals surface area contributed by atoms with E-state index in [2.05, 4.69) is 14.5 Å². The van der Waals surface area contributed by atoms with E-state index in [1.165, 1.54) is 63.2 Å². The molecular formula is C97H110F3N9O19S10. The summed E-state index contributed by atoms with van der Waals surface area (Å²) in [7, 11) is -16.5. The lowest BCUT2D eigenvalue weighted by Gasteiger charge is -2.30. The van der Waals surface area contributed by atoms with Gasteiger partial charge in [-0.15, -0.1) is 0 Å². The second-order valence-corrected chi connectivity index (χ2v) is 48.8. The third-order valence-corrected chi connectivity index (χ3v) is 34.9. The summed E-state index contributed by atoms with van der Waals surface area (Å²) in [5, 5.41) is 18.9. The van der Waals surface area contributed by atoms with Crippen molar-refractivity contribution in [1.82, 2.24) is 0 Å². The fraction of sp³-hybridized carbons (Fsp3) is 0.412. The first-order valence-corrected chi connectivity index (χ1v) is 55.5. The largest absolute Gasteiger partial charge is 0.505 e. The second-order valence-electron chi connectivity index (χ2n) is 35.2. The van der Waals surface area contributed by atoms with Crippen LogP contribution in [0.5, 0.6) is 17.2 Å². The summed E-state index contributed by atoms with van der Waals surface area (Å²) in [5.41, 5.74) is 5.31. The van der Waals surface area contributed by atoms with Gasteiger partial charge in [-0.1, -0.05) is 61.0 Å². The van der Waals surface area contributed by atoms with Gasteiger partial charge in [0, 0.05) is 52.3 Å². The van der Waals surface area contributed by atoms with Crippen molar-refractivity contribution in [3.8, 4) is 17.2 Å². The summed E-state index contributed by atoms with van der Waals surface area (Å²) < 4.78 is 183. The van der Waals surface area contributed by atoms with Crippen molar-refractivity contribution in [2.45, 2.75) is 205 Å². The number of phenols is 1. The molecule has 8 aromatic carbocycles. The second kappa shape index (κ2) is 45.6. The minimum atomic E-state index is -3.81. The van der Waals surface area contributed by atoms with Gasteiger partial charge in [0.15, 0.2) is 96.6 Å². The molecule has 28 nitrogen and oxygen atoms in total. The molecule has 8 aliphatic rings. The van der Waals surface area contributed by atoms with Crippen molar-refractivity contribution in [2.24, 2.45) is 0 Å². The minimum Gasteiger partial charge on any atom is -0.505 e. The van der Waals surface area contributed by atoms with E-state index in [0.717, 1.165) is 82.6 Å². The van der Waals surface area contributed by atoms with E-state index in [4.69, 9.17) is 79.3 Å². The number of hydrogen-bond acceptors (Lipinski definition) is 24. The molecule has 0 spiro atoms. The number of aliphatic hydroxyl groups is 1. The van der Waals surface area contributed by atoms with Crippen molar-refractivity contribution >= 4 is 194 Å². The quantitative estimate of drug-likeness (QED) is 0.0515. The van der Waals surface area contributed by atoms with Gasteiger partial charge in [0.25, 0.3) is 38.0 Å². The summed E-state index contributed by atoms with van der Waals surface area (Å²) in [6.45, 7) is 41.0. The molecule has 3 amide bonds. The summed E-state index contributed by atoms with van der Waals surface area (Å²) in [4.78, 5) is 59.3. The predicted octanol–water partition coefficient (Wildman–Crippen LogP) is 18.8. The fourth-order valence-electron chi connectivity index (χ4n) is 15.8. The van der Waals surface area contributed by atoms with Crippen LogP contribution in [-0.2, 0) is 72.5 Å². The lowest BCUT2D eigenvalue weighted by atomic mass is 10.0.